The van der Waals surface area contributed by atoms with E-state index < -0.39 is 0 Å². The van der Waals surface area contributed by atoms with Crippen LogP contribution < -0.4 is 15.0 Å². The van der Waals surface area contributed by atoms with Gasteiger partial charge in [-0.1, -0.05) is 38.1 Å². The number of carbonyl (C=O) groups excluding carboxylic acids is 1. The number of hydrogen-bond acceptors (Lipinski definition) is 3. The predicted octanol–water partition coefficient (Wildman–Crippen LogP) is 4.79. The van der Waals surface area contributed by atoms with Crippen LogP contribution in [0.3, 0.4) is 0 Å². The number of para-hydroxylation sites is 1. The summed E-state index contributed by atoms with van der Waals surface area (Å²) >= 11 is 0. The van der Waals surface area contributed by atoms with E-state index in [1.807, 2.05) is 30.0 Å². The van der Waals surface area contributed by atoms with Crippen molar-refractivity contribution in [1.29, 1.82) is 0 Å². The second-order valence-corrected chi connectivity index (χ2v) is 7.78. The Balaban J connectivity index is 1.68. The van der Waals surface area contributed by atoms with Crippen molar-refractivity contribution in [2.75, 3.05) is 43.5 Å². The summed E-state index contributed by atoms with van der Waals surface area (Å²) in [6.45, 7) is 11.7. The lowest BCUT2D eigenvalue weighted by Gasteiger charge is -2.38. The van der Waals surface area contributed by atoms with Crippen LogP contribution in [-0.2, 0) is 0 Å². The lowest BCUT2D eigenvalue weighted by molar-refractivity contribution is 0.208. The number of ether oxygens (including phenoxy) is 1. The van der Waals surface area contributed by atoms with Gasteiger partial charge in [-0.15, -0.1) is 0 Å². The van der Waals surface area contributed by atoms with Crippen LogP contribution in [0.5, 0.6) is 5.75 Å². The van der Waals surface area contributed by atoms with E-state index in [-0.39, 0.29) is 6.03 Å². The number of urea groups is 1. The van der Waals surface area contributed by atoms with Gasteiger partial charge in [0.15, 0.2) is 0 Å². The SMILES string of the molecule is COc1ccc(C)cc1NC(=O)N1CCN(c2c(C)cccc2C(C)C)CC1. The molecule has 5 heteroatoms. The molecule has 0 saturated carbocycles. The molecule has 1 saturated heterocycles. The van der Waals surface area contributed by atoms with Gasteiger partial charge >= 0.3 is 6.03 Å². The van der Waals surface area contributed by atoms with Crippen molar-refractivity contribution in [3.63, 3.8) is 0 Å². The van der Waals surface area contributed by atoms with E-state index in [2.05, 4.69) is 49.2 Å². The first-order valence-electron chi connectivity index (χ1n) is 9.95. The average molecular weight is 382 g/mol. The first-order valence-corrected chi connectivity index (χ1v) is 9.95. The molecule has 0 spiro atoms. The second kappa shape index (κ2) is 8.55. The second-order valence-electron chi connectivity index (χ2n) is 7.78. The van der Waals surface area contributed by atoms with E-state index in [1.54, 1.807) is 7.11 Å². The fourth-order valence-electron chi connectivity index (χ4n) is 3.83. The van der Waals surface area contributed by atoms with Crippen molar-refractivity contribution >= 4 is 17.4 Å². The Bertz CT molecular complexity index is 840. The molecule has 5 nitrogen and oxygen atoms in total. The monoisotopic (exact) mass is 381 g/mol. The van der Waals surface area contributed by atoms with Gasteiger partial charge in [-0.2, -0.15) is 0 Å². The number of carbonyl (C=O) groups is 1. The van der Waals surface area contributed by atoms with Gasteiger partial charge in [0, 0.05) is 31.9 Å². The largest absolute Gasteiger partial charge is 0.495 e. The van der Waals surface area contributed by atoms with Crippen molar-refractivity contribution in [3.8, 4) is 5.75 Å². The molecule has 0 aliphatic carbocycles. The zero-order valence-electron chi connectivity index (χ0n) is 17.6. The number of methoxy groups -OCH3 is 1. The highest BCUT2D eigenvalue weighted by Crippen LogP contribution is 2.32. The number of anilines is 2. The number of nitrogens with one attached hydrogen (secondary N) is 1. The molecule has 1 aliphatic rings. The summed E-state index contributed by atoms with van der Waals surface area (Å²) in [5.41, 5.74) is 5.81. The Morgan fingerprint density at radius 1 is 1.07 bits per heavy atom. The van der Waals surface area contributed by atoms with E-state index in [4.69, 9.17) is 4.74 Å². The molecule has 1 heterocycles. The predicted molar refractivity (Wildman–Crippen MR) is 116 cm³/mol. The molecular weight excluding hydrogens is 350 g/mol. The smallest absolute Gasteiger partial charge is 0.322 e. The summed E-state index contributed by atoms with van der Waals surface area (Å²) < 4.78 is 5.37. The standard InChI is InChI=1S/C23H31N3O2/c1-16(2)19-8-6-7-18(4)22(19)25-11-13-26(14-12-25)23(27)24-20-15-17(3)9-10-21(20)28-5/h6-10,15-16H,11-14H2,1-5H3,(H,24,27). The molecule has 0 radical (unpaired) electrons. The number of amides is 2. The van der Waals surface area contributed by atoms with Crippen LogP contribution >= 0.6 is 0 Å². The summed E-state index contributed by atoms with van der Waals surface area (Å²) in [5, 5.41) is 3.01. The molecule has 0 unspecified atom stereocenters. The lowest BCUT2D eigenvalue weighted by Crippen LogP contribution is -2.50. The molecule has 2 aromatic rings. The van der Waals surface area contributed by atoms with Crippen LogP contribution in [0, 0.1) is 13.8 Å². The number of piperazine rings is 1. The molecule has 150 valence electrons. The number of hydrogen-bond donors (Lipinski definition) is 1. The summed E-state index contributed by atoms with van der Waals surface area (Å²) in [4.78, 5) is 17.1. The van der Waals surface area contributed by atoms with Crippen LogP contribution in [0.1, 0.15) is 36.5 Å². The Morgan fingerprint density at radius 3 is 2.43 bits per heavy atom. The number of aryl methyl sites for hydroxylation is 2. The van der Waals surface area contributed by atoms with Crippen molar-refractivity contribution in [2.24, 2.45) is 0 Å². The van der Waals surface area contributed by atoms with Gasteiger partial charge in [0.25, 0.3) is 0 Å². The fourth-order valence-corrected chi connectivity index (χ4v) is 3.83. The average Bonchev–Trinajstić information content (AvgIpc) is 2.68. The lowest BCUT2D eigenvalue weighted by atomic mass is 9.97. The Labute approximate surface area is 168 Å². The molecule has 1 N–H and O–H groups in total. The molecule has 28 heavy (non-hydrogen) atoms. The van der Waals surface area contributed by atoms with Gasteiger partial charge in [-0.3, -0.25) is 0 Å². The zero-order chi connectivity index (χ0) is 20.3. The maximum Gasteiger partial charge on any atom is 0.322 e. The first kappa shape index (κ1) is 20.1. The van der Waals surface area contributed by atoms with Crippen LogP contribution in [0.15, 0.2) is 36.4 Å². The molecule has 3 rings (SSSR count). The van der Waals surface area contributed by atoms with Crippen molar-refractivity contribution < 1.29 is 9.53 Å². The van der Waals surface area contributed by atoms with E-state index in [9.17, 15) is 4.79 Å². The topological polar surface area (TPSA) is 44.8 Å². The quantitative estimate of drug-likeness (QED) is 0.828. The third kappa shape index (κ3) is 4.24. The van der Waals surface area contributed by atoms with E-state index in [0.29, 0.717) is 24.8 Å². The van der Waals surface area contributed by atoms with Crippen LogP contribution in [-0.4, -0.2) is 44.2 Å². The molecule has 1 fully saturated rings. The third-order valence-electron chi connectivity index (χ3n) is 5.37. The molecule has 1 aliphatic heterocycles. The minimum Gasteiger partial charge on any atom is -0.495 e. The van der Waals surface area contributed by atoms with E-state index >= 15 is 0 Å². The van der Waals surface area contributed by atoms with E-state index in [1.165, 1.54) is 16.8 Å². The van der Waals surface area contributed by atoms with Crippen molar-refractivity contribution in [1.82, 2.24) is 4.90 Å². The van der Waals surface area contributed by atoms with Gasteiger partial charge in [0.2, 0.25) is 0 Å². The molecule has 0 atom stereocenters. The van der Waals surface area contributed by atoms with Crippen molar-refractivity contribution in [3.05, 3.63) is 53.1 Å². The summed E-state index contributed by atoms with van der Waals surface area (Å²) in [6.07, 6.45) is 0. The van der Waals surface area contributed by atoms with Gasteiger partial charge < -0.3 is 19.9 Å². The number of nitrogens with zero attached hydrogens (tertiary/aromatic N) is 2. The maximum atomic E-state index is 12.8. The first-order chi connectivity index (χ1) is 13.4. The normalized spacial score (nSPS) is 14.4. The molecular formula is C23H31N3O2. The van der Waals surface area contributed by atoms with Gasteiger partial charge in [0.1, 0.15) is 5.75 Å². The highest BCUT2D eigenvalue weighted by Gasteiger charge is 2.24. The Kier molecular flexibility index (Phi) is 6.12. The fraction of sp³-hybridized carbons (Fsp3) is 0.435. The number of rotatable bonds is 4. The van der Waals surface area contributed by atoms with E-state index in [0.717, 1.165) is 24.3 Å². The maximum absolute atomic E-state index is 12.8. The number of benzene rings is 2. The zero-order valence-corrected chi connectivity index (χ0v) is 17.6. The van der Waals surface area contributed by atoms with Crippen LogP contribution in [0.25, 0.3) is 0 Å². The summed E-state index contributed by atoms with van der Waals surface area (Å²) in [6, 6.07) is 12.2. The molecule has 0 bridgehead atoms. The van der Waals surface area contributed by atoms with Crippen molar-refractivity contribution in [2.45, 2.75) is 33.6 Å². The van der Waals surface area contributed by atoms with Crippen LogP contribution in [0.4, 0.5) is 16.2 Å². The molecule has 2 amide bonds. The Morgan fingerprint density at radius 2 is 1.79 bits per heavy atom. The van der Waals surface area contributed by atoms with Gasteiger partial charge in [-0.25, -0.2) is 4.79 Å². The van der Waals surface area contributed by atoms with Gasteiger partial charge in [0.05, 0.1) is 12.8 Å². The highest BCUT2D eigenvalue weighted by molar-refractivity contribution is 5.91. The minimum absolute atomic E-state index is 0.0718. The minimum atomic E-state index is -0.0718. The summed E-state index contributed by atoms with van der Waals surface area (Å²) in [7, 11) is 1.62. The van der Waals surface area contributed by atoms with Gasteiger partial charge in [-0.05, 0) is 48.6 Å². The van der Waals surface area contributed by atoms with Crippen LogP contribution in [0.2, 0.25) is 0 Å². The molecule has 0 aromatic heterocycles. The molecule has 2 aromatic carbocycles. The highest BCUT2D eigenvalue weighted by atomic mass is 16.5. The summed E-state index contributed by atoms with van der Waals surface area (Å²) in [5.74, 6) is 1.16. The Hall–Kier alpha value is -2.69. The third-order valence-corrected chi connectivity index (χ3v) is 5.37.